The van der Waals surface area contributed by atoms with E-state index in [1.807, 2.05) is 6.07 Å². The molecule has 4 rings (SSSR count). The zero-order valence-corrected chi connectivity index (χ0v) is 17.6. The molecule has 27 heavy (non-hydrogen) atoms. The van der Waals surface area contributed by atoms with Gasteiger partial charge in [0.1, 0.15) is 0 Å². The first kappa shape index (κ1) is 19.3. The number of halogens is 1. The van der Waals surface area contributed by atoms with Crippen molar-refractivity contribution in [2.45, 2.75) is 23.8 Å². The van der Waals surface area contributed by atoms with Gasteiger partial charge in [-0.3, -0.25) is 4.90 Å². The van der Waals surface area contributed by atoms with Crippen LogP contribution in [-0.2, 0) is 4.74 Å². The molecule has 6 nitrogen and oxygen atoms in total. The number of nitrogens with one attached hydrogen (secondary N) is 2. The molecule has 0 amide bonds. The van der Waals surface area contributed by atoms with Crippen molar-refractivity contribution in [3.8, 4) is 0 Å². The first-order chi connectivity index (χ1) is 13.0. The van der Waals surface area contributed by atoms with Gasteiger partial charge in [0.15, 0.2) is 5.16 Å². The summed E-state index contributed by atoms with van der Waals surface area (Å²) in [5, 5.41) is 5.13. The van der Waals surface area contributed by atoms with Crippen LogP contribution in [0.25, 0.3) is 11.0 Å². The molecule has 2 N–H and O–H groups in total. The molecule has 2 aliphatic heterocycles. The maximum absolute atomic E-state index is 6.57. The molecule has 0 saturated carbocycles. The molecule has 2 saturated heterocycles. The Morgan fingerprint density at radius 2 is 1.93 bits per heavy atom. The highest BCUT2D eigenvalue weighted by Crippen LogP contribution is 2.35. The number of fused-ring (bicyclic) bond motifs is 1. The van der Waals surface area contributed by atoms with Crippen molar-refractivity contribution in [3.63, 3.8) is 0 Å². The number of imidazole rings is 1. The molecule has 148 valence electrons. The fourth-order valence-corrected chi connectivity index (χ4v) is 5.14. The zero-order valence-electron chi connectivity index (χ0n) is 16.1. The van der Waals surface area contributed by atoms with Gasteiger partial charge < -0.3 is 19.9 Å². The average molecular weight is 410 g/mol. The fourth-order valence-electron chi connectivity index (χ4n) is 3.78. The summed E-state index contributed by atoms with van der Waals surface area (Å²) in [7, 11) is 0. The Hall–Kier alpha value is -0.990. The molecule has 2 aliphatic rings. The highest BCUT2D eigenvalue weighted by molar-refractivity contribution is 8.00. The van der Waals surface area contributed by atoms with Crippen LogP contribution < -0.4 is 10.2 Å². The van der Waals surface area contributed by atoms with E-state index in [1.165, 1.54) is 0 Å². The quantitative estimate of drug-likeness (QED) is 0.740. The minimum atomic E-state index is 0.0659. The highest BCUT2D eigenvalue weighted by atomic mass is 35.5. The van der Waals surface area contributed by atoms with Crippen LogP contribution in [0.5, 0.6) is 0 Å². The summed E-state index contributed by atoms with van der Waals surface area (Å²) in [4.78, 5) is 13.1. The molecule has 0 atom stereocenters. The Morgan fingerprint density at radius 3 is 2.67 bits per heavy atom. The van der Waals surface area contributed by atoms with Gasteiger partial charge >= 0.3 is 0 Å². The second-order valence-electron chi connectivity index (χ2n) is 7.85. The van der Waals surface area contributed by atoms with E-state index in [9.17, 15) is 0 Å². The first-order valence-electron chi connectivity index (χ1n) is 9.64. The van der Waals surface area contributed by atoms with Gasteiger partial charge in [-0.05, 0) is 26.0 Å². The molecule has 2 aromatic rings. The molecule has 1 aromatic carbocycles. The average Bonchev–Trinajstić information content (AvgIpc) is 3.02. The van der Waals surface area contributed by atoms with Crippen molar-refractivity contribution in [2.24, 2.45) is 0 Å². The molecular formula is C19H28ClN5OS. The molecule has 1 aromatic heterocycles. The lowest BCUT2D eigenvalue weighted by Crippen LogP contribution is -2.43. The van der Waals surface area contributed by atoms with E-state index in [-0.39, 0.29) is 4.75 Å². The van der Waals surface area contributed by atoms with E-state index in [2.05, 4.69) is 40.0 Å². The number of thioether (sulfide) groups is 1. The van der Waals surface area contributed by atoms with Gasteiger partial charge in [0.05, 0.1) is 35.0 Å². The fraction of sp³-hybridized carbons (Fsp3) is 0.632. The predicted molar refractivity (Wildman–Crippen MR) is 113 cm³/mol. The van der Waals surface area contributed by atoms with Crippen molar-refractivity contribution in [3.05, 3.63) is 17.2 Å². The van der Waals surface area contributed by atoms with E-state index in [0.717, 1.165) is 85.9 Å². The van der Waals surface area contributed by atoms with Crippen LogP contribution >= 0.6 is 23.4 Å². The number of aromatic amines is 1. The van der Waals surface area contributed by atoms with Crippen LogP contribution in [0, 0.1) is 0 Å². The first-order valence-corrected chi connectivity index (χ1v) is 10.8. The number of rotatable bonds is 5. The van der Waals surface area contributed by atoms with Crippen molar-refractivity contribution >= 4 is 40.1 Å². The van der Waals surface area contributed by atoms with E-state index >= 15 is 0 Å². The van der Waals surface area contributed by atoms with E-state index in [0.29, 0.717) is 0 Å². The third-order valence-electron chi connectivity index (χ3n) is 5.07. The van der Waals surface area contributed by atoms with Crippen molar-refractivity contribution < 1.29 is 4.74 Å². The zero-order chi connectivity index (χ0) is 18.9. The molecular weight excluding hydrogens is 382 g/mol. The molecule has 3 heterocycles. The number of hydrogen-bond acceptors (Lipinski definition) is 6. The number of benzene rings is 1. The number of piperazine rings is 1. The summed E-state index contributed by atoms with van der Waals surface area (Å²) in [5.74, 6) is 0. The summed E-state index contributed by atoms with van der Waals surface area (Å²) < 4.78 is 5.52. The maximum atomic E-state index is 6.57. The lowest BCUT2D eigenvalue weighted by atomic mass is 10.2. The highest BCUT2D eigenvalue weighted by Gasteiger charge is 2.26. The molecule has 0 aliphatic carbocycles. The monoisotopic (exact) mass is 409 g/mol. The van der Waals surface area contributed by atoms with E-state index < -0.39 is 0 Å². The molecule has 8 heteroatoms. The van der Waals surface area contributed by atoms with E-state index in [1.54, 1.807) is 11.8 Å². The Kier molecular flexibility index (Phi) is 5.85. The van der Waals surface area contributed by atoms with E-state index in [4.69, 9.17) is 21.3 Å². The maximum Gasteiger partial charge on any atom is 0.166 e. The Labute approximate surface area is 170 Å². The lowest BCUT2D eigenvalue weighted by molar-refractivity contribution is 0.0350. The minimum absolute atomic E-state index is 0.0659. The van der Waals surface area contributed by atoms with Crippen LogP contribution in [0.3, 0.4) is 0 Å². The summed E-state index contributed by atoms with van der Waals surface area (Å²) in [6, 6.07) is 4.14. The normalized spacial score (nSPS) is 19.7. The SMILES string of the molecule is CC(C)(CN1CCOCC1)Sc1nc2cc(N3CCNCC3)c(Cl)cc2[nH]1. The number of nitrogens with zero attached hydrogens (tertiary/aromatic N) is 3. The summed E-state index contributed by atoms with van der Waals surface area (Å²) in [6.07, 6.45) is 0. The largest absolute Gasteiger partial charge is 0.379 e. The van der Waals surface area contributed by atoms with Gasteiger partial charge in [0.25, 0.3) is 0 Å². The predicted octanol–water partition coefficient (Wildman–Crippen LogP) is 2.83. The summed E-state index contributed by atoms with van der Waals surface area (Å²) in [5.41, 5.74) is 3.07. The van der Waals surface area contributed by atoms with Crippen LogP contribution in [0.4, 0.5) is 5.69 Å². The standard InChI is InChI=1S/C19H28ClN5OS/c1-19(2,13-24-7-9-26-10-8-24)27-18-22-15-11-14(20)17(12-16(15)23-18)25-5-3-21-4-6-25/h11-12,21H,3-10,13H2,1-2H3,(H,22,23). The summed E-state index contributed by atoms with van der Waals surface area (Å²) in [6.45, 7) is 13.2. The number of H-pyrrole nitrogens is 1. The number of anilines is 1. The number of aromatic nitrogens is 2. The Balaban J connectivity index is 1.50. The third kappa shape index (κ3) is 4.71. The number of morpholine rings is 1. The number of hydrogen-bond donors (Lipinski definition) is 2. The van der Waals surface area contributed by atoms with Crippen LogP contribution in [0.1, 0.15) is 13.8 Å². The van der Waals surface area contributed by atoms with Gasteiger partial charge in [-0.2, -0.15) is 0 Å². The smallest absolute Gasteiger partial charge is 0.166 e. The second-order valence-corrected chi connectivity index (χ2v) is 9.95. The molecule has 0 bridgehead atoms. The summed E-state index contributed by atoms with van der Waals surface area (Å²) >= 11 is 8.37. The number of ether oxygens (including phenoxy) is 1. The van der Waals surface area contributed by atoms with Crippen molar-refractivity contribution in [2.75, 3.05) is 63.9 Å². The Bertz CT molecular complexity index is 784. The van der Waals surface area contributed by atoms with Crippen molar-refractivity contribution in [1.82, 2.24) is 20.2 Å². The molecule has 0 spiro atoms. The van der Waals surface area contributed by atoms with Crippen LogP contribution in [-0.4, -0.2) is 78.6 Å². The van der Waals surface area contributed by atoms with Gasteiger partial charge in [-0.1, -0.05) is 23.4 Å². The second kappa shape index (κ2) is 8.17. The third-order valence-corrected chi connectivity index (χ3v) is 6.44. The van der Waals surface area contributed by atoms with Crippen LogP contribution in [0.15, 0.2) is 17.3 Å². The van der Waals surface area contributed by atoms with Gasteiger partial charge in [-0.15, -0.1) is 0 Å². The van der Waals surface area contributed by atoms with Gasteiger partial charge in [0, 0.05) is 50.6 Å². The topological polar surface area (TPSA) is 56.4 Å². The van der Waals surface area contributed by atoms with Crippen molar-refractivity contribution in [1.29, 1.82) is 0 Å². The minimum Gasteiger partial charge on any atom is -0.379 e. The lowest BCUT2D eigenvalue weighted by Gasteiger charge is -2.33. The Morgan fingerprint density at radius 1 is 1.19 bits per heavy atom. The molecule has 2 fully saturated rings. The van der Waals surface area contributed by atoms with Gasteiger partial charge in [-0.25, -0.2) is 4.98 Å². The van der Waals surface area contributed by atoms with Crippen LogP contribution in [0.2, 0.25) is 5.02 Å². The molecule has 0 radical (unpaired) electrons. The molecule has 0 unspecified atom stereocenters. The van der Waals surface area contributed by atoms with Gasteiger partial charge in [0.2, 0.25) is 0 Å².